The molecule has 1 amide bonds. The summed E-state index contributed by atoms with van der Waals surface area (Å²) in [5.41, 5.74) is 2.17. The van der Waals surface area contributed by atoms with Gasteiger partial charge in [0.15, 0.2) is 23.0 Å². The maximum Gasteiger partial charge on any atom is 0.231 e. The van der Waals surface area contributed by atoms with Crippen LogP contribution < -0.4 is 18.9 Å². The summed E-state index contributed by atoms with van der Waals surface area (Å²) < 4.78 is 21.7. The summed E-state index contributed by atoms with van der Waals surface area (Å²) in [6.07, 6.45) is 5.02. The number of fused-ring (bicyclic) bond motifs is 1. The fourth-order valence-electron chi connectivity index (χ4n) is 4.26. The zero-order valence-electron chi connectivity index (χ0n) is 17.7. The van der Waals surface area contributed by atoms with Crippen LogP contribution in [-0.4, -0.2) is 38.4 Å². The number of rotatable bonds is 8. The van der Waals surface area contributed by atoms with Crippen molar-refractivity contribution in [3.63, 3.8) is 0 Å². The minimum absolute atomic E-state index is 0.143. The topological polar surface area (TPSA) is 57.2 Å². The zero-order valence-corrected chi connectivity index (χ0v) is 17.7. The van der Waals surface area contributed by atoms with Gasteiger partial charge in [-0.05, 0) is 54.7 Å². The number of carbonyl (C=O) groups is 1. The molecule has 2 aromatic carbocycles. The second-order valence-electron chi connectivity index (χ2n) is 7.87. The van der Waals surface area contributed by atoms with Gasteiger partial charge in [-0.2, -0.15) is 0 Å². The summed E-state index contributed by atoms with van der Waals surface area (Å²) in [5.74, 6) is 3.33. The minimum Gasteiger partial charge on any atom is -0.493 e. The van der Waals surface area contributed by atoms with Gasteiger partial charge in [-0.15, -0.1) is 0 Å². The normalized spacial score (nSPS) is 15.3. The average Bonchev–Trinajstić information content (AvgIpc) is 3.47. The summed E-state index contributed by atoms with van der Waals surface area (Å²) in [7, 11) is 3.27. The monoisotopic (exact) mass is 411 g/mol. The maximum atomic E-state index is 13.3. The van der Waals surface area contributed by atoms with Gasteiger partial charge in [-0.3, -0.25) is 4.79 Å². The Bertz CT molecular complexity index is 891. The highest BCUT2D eigenvalue weighted by Gasteiger charge is 2.27. The summed E-state index contributed by atoms with van der Waals surface area (Å²) in [6, 6.07) is 11.8. The quantitative estimate of drug-likeness (QED) is 0.652. The van der Waals surface area contributed by atoms with Crippen molar-refractivity contribution in [3.05, 3.63) is 47.5 Å². The van der Waals surface area contributed by atoms with E-state index in [-0.39, 0.29) is 18.6 Å². The van der Waals surface area contributed by atoms with Crippen LogP contribution in [-0.2, 0) is 17.8 Å². The van der Waals surface area contributed by atoms with Crippen molar-refractivity contribution in [3.8, 4) is 23.0 Å². The highest BCUT2D eigenvalue weighted by atomic mass is 16.7. The van der Waals surface area contributed by atoms with Gasteiger partial charge in [0.25, 0.3) is 0 Å². The van der Waals surface area contributed by atoms with E-state index in [1.807, 2.05) is 41.3 Å². The predicted octanol–water partition coefficient (Wildman–Crippen LogP) is 4.19. The first-order chi connectivity index (χ1) is 14.7. The Morgan fingerprint density at radius 2 is 1.70 bits per heavy atom. The molecule has 0 unspecified atom stereocenters. The van der Waals surface area contributed by atoms with Gasteiger partial charge in [0.1, 0.15) is 0 Å². The van der Waals surface area contributed by atoms with E-state index in [9.17, 15) is 4.79 Å². The summed E-state index contributed by atoms with van der Waals surface area (Å²) in [6.45, 7) is 1.47. The molecule has 0 N–H and O–H groups in total. The molecule has 0 saturated heterocycles. The number of benzene rings is 2. The molecule has 4 rings (SSSR count). The molecule has 0 aromatic heterocycles. The first kappa shape index (κ1) is 20.4. The number of amides is 1. The number of nitrogens with zero attached hydrogens (tertiary/aromatic N) is 1. The van der Waals surface area contributed by atoms with Crippen molar-refractivity contribution in [2.75, 3.05) is 27.6 Å². The standard InChI is InChI=1S/C24H29NO5/c1-27-20-9-7-17(13-22(20)28-2)11-12-25(24(26)19-5-3-4-6-19)15-18-8-10-21-23(14-18)30-16-29-21/h7-10,13-14,19H,3-6,11-12,15-16H2,1-2H3. The molecule has 30 heavy (non-hydrogen) atoms. The third kappa shape index (κ3) is 4.48. The smallest absolute Gasteiger partial charge is 0.231 e. The first-order valence-electron chi connectivity index (χ1n) is 10.6. The van der Waals surface area contributed by atoms with Crippen LogP contribution in [0.5, 0.6) is 23.0 Å². The average molecular weight is 411 g/mol. The van der Waals surface area contributed by atoms with Crippen LogP contribution in [0.3, 0.4) is 0 Å². The Hall–Kier alpha value is -2.89. The van der Waals surface area contributed by atoms with Crippen LogP contribution in [0.15, 0.2) is 36.4 Å². The van der Waals surface area contributed by atoms with E-state index < -0.39 is 0 Å². The van der Waals surface area contributed by atoms with Crippen LogP contribution in [0.4, 0.5) is 0 Å². The Morgan fingerprint density at radius 1 is 0.967 bits per heavy atom. The SMILES string of the molecule is COc1ccc(CCN(Cc2ccc3c(c2)OCO3)C(=O)C2CCCC2)cc1OC. The van der Waals surface area contributed by atoms with Gasteiger partial charge in [0.2, 0.25) is 12.7 Å². The van der Waals surface area contributed by atoms with Crippen molar-refractivity contribution >= 4 is 5.91 Å². The Kier molecular flexibility index (Phi) is 6.31. The first-order valence-corrected chi connectivity index (χ1v) is 10.6. The number of ether oxygens (including phenoxy) is 4. The van der Waals surface area contributed by atoms with Crippen LogP contribution in [0.25, 0.3) is 0 Å². The molecule has 1 aliphatic carbocycles. The lowest BCUT2D eigenvalue weighted by molar-refractivity contribution is -0.136. The lowest BCUT2D eigenvalue weighted by Crippen LogP contribution is -2.36. The lowest BCUT2D eigenvalue weighted by Gasteiger charge is -2.26. The predicted molar refractivity (Wildman–Crippen MR) is 113 cm³/mol. The van der Waals surface area contributed by atoms with Crippen LogP contribution >= 0.6 is 0 Å². The van der Waals surface area contributed by atoms with E-state index >= 15 is 0 Å². The van der Waals surface area contributed by atoms with E-state index in [2.05, 4.69) is 0 Å². The molecule has 0 atom stereocenters. The second kappa shape index (κ2) is 9.28. The summed E-state index contributed by atoms with van der Waals surface area (Å²) in [5, 5.41) is 0. The molecule has 0 bridgehead atoms. The van der Waals surface area contributed by atoms with Crippen LogP contribution in [0.2, 0.25) is 0 Å². The van der Waals surface area contributed by atoms with Crippen LogP contribution in [0, 0.1) is 5.92 Å². The van der Waals surface area contributed by atoms with Crippen molar-refractivity contribution in [1.29, 1.82) is 0 Å². The maximum absolute atomic E-state index is 13.3. The summed E-state index contributed by atoms with van der Waals surface area (Å²) >= 11 is 0. The molecule has 1 fully saturated rings. The molecule has 160 valence electrons. The van der Waals surface area contributed by atoms with Crippen LogP contribution in [0.1, 0.15) is 36.8 Å². The largest absolute Gasteiger partial charge is 0.493 e. The second-order valence-corrected chi connectivity index (χ2v) is 7.87. The molecule has 0 spiro atoms. The fraction of sp³-hybridized carbons (Fsp3) is 0.458. The van der Waals surface area contributed by atoms with E-state index in [1.165, 1.54) is 0 Å². The molecule has 1 aliphatic heterocycles. The van der Waals surface area contributed by atoms with E-state index in [4.69, 9.17) is 18.9 Å². The number of carbonyl (C=O) groups excluding carboxylic acids is 1. The van der Waals surface area contributed by atoms with Crippen molar-refractivity contribution in [2.24, 2.45) is 5.92 Å². The van der Waals surface area contributed by atoms with Crippen molar-refractivity contribution in [2.45, 2.75) is 38.6 Å². The third-order valence-corrected chi connectivity index (χ3v) is 5.94. The van der Waals surface area contributed by atoms with Crippen molar-refractivity contribution < 1.29 is 23.7 Å². The molecule has 6 nitrogen and oxygen atoms in total. The minimum atomic E-state index is 0.143. The van der Waals surface area contributed by atoms with Gasteiger partial charge < -0.3 is 23.8 Å². The lowest BCUT2D eigenvalue weighted by atomic mass is 10.0. The van der Waals surface area contributed by atoms with Gasteiger partial charge in [0, 0.05) is 19.0 Å². The van der Waals surface area contributed by atoms with Gasteiger partial charge in [-0.25, -0.2) is 0 Å². The number of hydrogen-bond acceptors (Lipinski definition) is 5. The molecule has 2 aromatic rings. The highest BCUT2D eigenvalue weighted by molar-refractivity contribution is 5.79. The molecule has 0 radical (unpaired) electrons. The zero-order chi connectivity index (χ0) is 20.9. The summed E-state index contributed by atoms with van der Waals surface area (Å²) in [4.78, 5) is 15.2. The van der Waals surface area contributed by atoms with Crippen molar-refractivity contribution in [1.82, 2.24) is 4.90 Å². The molecular formula is C24H29NO5. The molecule has 6 heteroatoms. The Balaban J connectivity index is 1.49. The van der Waals surface area contributed by atoms with Gasteiger partial charge in [-0.1, -0.05) is 25.0 Å². The van der Waals surface area contributed by atoms with E-state index in [0.717, 1.165) is 54.7 Å². The molecule has 1 heterocycles. The fourth-order valence-corrected chi connectivity index (χ4v) is 4.26. The van der Waals surface area contributed by atoms with E-state index in [0.29, 0.717) is 24.6 Å². The van der Waals surface area contributed by atoms with E-state index in [1.54, 1.807) is 14.2 Å². The van der Waals surface area contributed by atoms with Gasteiger partial charge >= 0.3 is 0 Å². The third-order valence-electron chi connectivity index (χ3n) is 5.94. The number of hydrogen-bond donors (Lipinski definition) is 0. The number of methoxy groups -OCH3 is 2. The molecule has 2 aliphatic rings. The molecule has 1 saturated carbocycles. The highest BCUT2D eigenvalue weighted by Crippen LogP contribution is 2.34. The molecular weight excluding hydrogens is 382 g/mol. The van der Waals surface area contributed by atoms with Gasteiger partial charge in [0.05, 0.1) is 14.2 Å². The Morgan fingerprint density at radius 3 is 2.47 bits per heavy atom. The Labute approximate surface area is 177 Å².